The van der Waals surface area contributed by atoms with Crippen LogP contribution in [0.15, 0.2) is 79.0 Å². The van der Waals surface area contributed by atoms with E-state index in [4.69, 9.17) is 5.73 Å². The Bertz CT molecular complexity index is 1630. The average Bonchev–Trinajstić information content (AvgIpc) is 3.42. The van der Waals surface area contributed by atoms with Gasteiger partial charge >= 0.3 is 6.36 Å². The molecule has 1 aromatic heterocycles. The molecule has 47 heavy (non-hydrogen) atoms. The third-order valence-electron chi connectivity index (χ3n) is 9.27. The van der Waals surface area contributed by atoms with Crippen LogP contribution >= 0.6 is 0 Å². The molecule has 0 unspecified atom stereocenters. The fourth-order valence-electron chi connectivity index (χ4n) is 6.63. The Kier molecular flexibility index (Phi) is 10.2. The maximum absolute atomic E-state index is 12.8. The number of nitrogens with zero attached hydrogens (tertiary/aromatic N) is 3. The monoisotopic (exact) mass is 648 g/mol. The van der Waals surface area contributed by atoms with Gasteiger partial charge in [0.05, 0.1) is 5.54 Å². The van der Waals surface area contributed by atoms with Crippen molar-refractivity contribution in [3.05, 3.63) is 90.1 Å². The standard InChI is InChI=1S/C36H43F3N6O2/c37-36(38,39)47-30-10-8-29(9-11-30)32-26-45(18-4-15-42-34(46)35(40)13-16-41-17-14-35)33-12-7-28(23-31(32)33)25-44-21-19-43(20-22-44)24-27-5-2-1-3-6-27/h1-3,5-12,23,26,41H,4,13-22,24-25,40H2,(H,42,46). The minimum atomic E-state index is -4.74. The molecule has 0 aliphatic carbocycles. The van der Waals surface area contributed by atoms with E-state index in [1.54, 1.807) is 12.1 Å². The number of aryl methyl sites for hydroxylation is 1. The Labute approximate surface area is 273 Å². The highest BCUT2D eigenvalue weighted by atomic mass is 19.4. The van der Waals surface area contributed by atoms with Crippen LogP contribution in [0.4, 0.5) is 13.2 Å². The lowest BCUT2D eigenvalue weighted by Gasteiger charge is -2.34. The maximum atomic E-state index is 12.8. The molecule has 0 atom stereocenters. The third-order valence-corrected chi connectivity index (χ3v) is 9.27. The molecule has 3 heterocycles. The van der Waals surface area contributed by atoms with Gasteiger partial charge in [-0.15, -0.1) is 13.2 Å². The number of fused-ring (bicyclic) bond motifs is 1. The van der Waals surface area contributed by atoms with Crippen molar-refractivity contribution >= 4 is 16.8 Å². The average molecular weight is 649 g/mol. The minimum Gasteiger partial charge on any atom is -0.406 e. The van der Waals surface area contributed by atoms with Gasteiger partial charge in [-0.1, -0.05) is 48.5 Å². The molecule has 2 aliphatic heterocycles. The molecule has 0 bridgehead atoms. The van der Waals surface area contributed by atoms with Crippen LogP contribution in [-0.2, 0) is 24.4 Å². The van der Waals surface area contributed by atoms with Crippen LogP contribution in [0.2, 0.25) is 0 Å². The number of nitrogens with two attached hydrogens (primary N) is 1. The summed E-state index contributed by atoms with van der Waals surface area (Å²) in [4.78, 5) is 17.7. The van der Waals surface area contributed by atoms with Crippen molar-refractivity contribution < 1.29 is 22.7 Å². The number of hydrogen-bond acceptors (Lipinski definition) is 6. The molecule has 250 valence electrons. The highest BCUT2D eigenvalue weighted by molar-refractivity contribution is 5.96. The van der Waals surface area contributed by atoms with E-state index >= 15 is 0 Å². The summed E-state index contributed by atoms with van der Waals surface area (Å²) in [5.74, 6) is -0.358. The van der Waals surface area contributed by atoms with Crippen LogP contribution in [0.3, 0.4) is 0 Å². The second-order valence-electron chi connectivity index (χ2n) is 12.7. The predicted molar refractivity (Wildman–Crippen MR) is 178 cm³/mol. The van der Waals surface area contributed by atoms with E-state index in [0.717, 1.165) is 74.4 Å². The van der Waals surface area contributed by atoms with E-state index in [-0.39, 0.29) is 11.7 Å². The molecule has 0 spiro atoms. The van der Waals surface area contributed by atoms with Gasteiger partial charge in [0.1, 0.15) is 5.75 Å². The Hall–Kier alpha value is -3.90. The van der Waals surface area contributed by atoms with Gasteiger partial charge < -0.3 is 25.7 Å². The summed E-state index contributed by atoms with van der Waals surface area (Å²) in [5, 5.41) is 7.30. The van der Waals surface area contributed by atoms with Crippen LogP contribution in [0.1, 0.15) is 30.4 Å². The van der Waals surface area contributed by atoms with E-state index < -0.39 is 11.9 Å². The van der Waals surface area contributed by atoms with Gasteiger partial charge in [-0.05, 0) is 73.3 Å². The van der Waals surface area contributed by atoms with Crippen molar-refractivity contribution in [1.82, 2.24) is 25.0 Å². The lowest BCUT2D eigenvalue weighted by atomic mass is 9.88. The summed E-state index contributed by atoms with van der Waals surface area (Å²) in [6, 6.07) is 23.1. The first kappa shape index (κ1) is 33.0. The predicted octanol–water partition coefficient (Wildman–Crippen LogP) is 5.11. The lowest BCUT2D eigenvalue weighted by molar-refractivity contribution is -0.274. The number of alkyl halides is 3. The first-order chi connectivity index (χ1) is 22.6. The number of ether oxygens (including phenoxy) is 1. The molecule has 8 nitrogen and oxygen atoms in total. The van der Waals surface area contributed by atoms with Gasteiger partial charge in [0.2, 0.25) is 5.91 Å². The fourth-order valence-corrected chi connectivity index (χ4v) is 6.63. The Morgan fingerprint density at radius 2 is 1.55 bits per heavy atom. The van der Waals surface area contributed by atoms with Crippen LogP contribution in [-0.4, -0.2) is 78.0 Å². The molecular formula is C36H43F3N6O2. The Morgan fingerprint density at radius 3 is 2.21 bits per heavy atom. The zero-order valence-corrected chi connectivity index (χ0v) is 26.6. The highest BCUT2D eigenvalue weighted by Crippen LogP contribution is 2.34. The van der Waals surface area contributed by atoms with Gasteiger partial charge in [-0.2, -0.15) is 0 Å². The van der Waals surface area contributed by atoms with Crippen molar-refractivity contribution in [2.24, 2.45) is 5.73 Å². The summed E-state index contributed by atoms with van der Waals surface area (Å²) >= 11 is 0. The van der Waals surface area contributed by atoms with E-state index in [1.807, 2.05) is 6.07 Å². The van der Waals surface area contributed by atoms with Crippen molar-refractivity contribution in [3.63, 3.8) is 0 Å². The summed E-state index contributed by atoms with van der Waals surface area (Å²) in [5.41, 5.74) is 10.8. The first-order valence-electron chi connectivity index (χ1n) is 16.4. The van der Waals surface area contributed by atoms with Crippen molar-refractivity contribution in [2.45, 2.75) is 50.8 Å². The van der Waals surface area contributed by atoms with Crippen molar-refractivity contribution in [3.8, 4) is 16.9 Å². The second kappa shape index (κ2) is 14.5. The number of carbonyl (C=O) groups is 1. The molecule has 3 aromatic carbocycles. The van der Waals surface area contributed by atoms with Gasteiger partial charge in [0, 0.05) is 75.0 Å². The van der Waals surface area contributed by atoms with Crippen LogP contribution < -0.4 is 21.1 Å². The van der Waals surface area contributed by atoms with Gasteiger partial charge in [0.15, 0.2) is 0 Å². The van der Waals surface area contributed by atoms with Crippen molar-refractivity contribution in [2.75, 3.05) is 45.8 Å². The zero-order valence-electron chi connectivity index (χ0n) is 26.6. The summed E-state index contributed by atoms with van der Waals surface area (Å²) in [6.45, 7) is 8.37. The molecule has 6 rings (SSSR count). The second-order valence-corrected chi connectivity index (χ2v) is 12.7. The number of piperazine rings is 1. The molecule has 4 aromatic rings. The van der Waals surface area contributed by atoms with E-state index in [9.17, 15) is 18.0 Å². The zero-order chi connectivity index (χ0) is 32.9. The Morgan fingerprint density at radius 1 is 0.894 bits per heavy atom. The first-order valence-corrected chi connectivity index (χ1v) is 16.4. The largest absolute Gasteiger partial charge is 0.573 e. The van der Waals surface area contributed by atoms with E-state index in [2.05, 4.69) is 78.4 Å². The van der Waals surface area contributed by atoms with E-state index in [1.165, 1.54) is 23.3 Å². The maximum Gasteiger partial charge on any atom is 0.573 e. The molecule has 2 saturated heterocycles. The summed E-state index contributed by atoms with van der Waals surface area (Å²) < 4.78 is 44.6. The van der Waals surface area contributed by atoms with Gasteiger partial charge in [-0.3, -0.25) is 14.6 Å². The normalized spacial score (nSPS) is 17.5. The van der Waals surface area contributed by atoms with E-state index in [0.29, 0.717) is 32.4 Å². The molecule has 4 N–H and O–H groups in total. The number of rotatable bonds is 11. The molecule has 1 amide bonds. The molecule has 11 heteroatoms. The summed E-state index contributed by atoms with van der Waals surface area (Å²) in [6.07, 6.45) is -0.760. The SMILES string of the molecule is NC1(C(=O)NCCCn2cc(-c3ccc(OC(F)(F)F)cc3)c3cc(CN4CCN(Cc5ccccc5)CC4)ccc32)CCNCC1. The quantitative estimate of drug-likeness (QED) is 0.196. The number of halogens is 3. The number of amides is 1. The molecule has 2 fully saturated rings. The third kappa shape index (κ3) is 8.53. The van der Waals surface area contributed by atoms with Gasteiger partial charge in [-0.25, -0.2) is 0 Å². The molecule has 0 radical (unpaired) electrons. The minimum absolute atomic E-state index is 0.108. The van der Waals surface area contributed by atoms with Crippen LogP contribution in [0, 0.1) is 0 Å². The smallest absolute Gasteiger partial charge is 0.406 e. The fraction of sp³-hybridized carbons (Fsp3) is 0.417. The highest BCUT2D eigenvalue weighted by Gasteiger charge is 2.35. The molecule has 0 saturated carbocycles. The number of aromatic nitrogens is 1. The van der Waals surface area contributed by atoms with Gasteiger partial charge in [0.25, 0.3) is 0 Å². The Balaban J connectivity index is 1.15. The van der Waals surface area contributed by atoms with Crippen LogP contribution in [0.25, 0.3) is 22.0 Å². The topological polar surface area (TPSA) is 87.8 Å². The number of carbonyl (C=O) groups excluding carboxylic acids is 1. The van der Waals surface area contributed by atoms with Crippen molar-refractivity contribution in [1.29, 1.82) is 0 Å². The number of hydrogen-bond donors (Lipinski definition) is 3. The molecule has 2 aliphatic rings. The van der Waals surface area contributed by atoms with Crippen LogP contribution in [0.5, 0.6) is 5.75 Å². The molecular weight excluding hydrogens is 605 g/mol. The number of benzene rings is 3. The number of nitrogens with one attached hydrogen (secondary N) is 2. The lowest BCUT2D eigenvalue weighted by Crippen LogP contribution is -2.59. The summed E-state index contributed by atoms with van der Waals surface area (Å²) in [7, 11) is 0. The number of piperidine rings is 1.